The molecule has 0 aliphatic carbocycles. The van der Waals surface area contributed by atoms with Crippen LogP contribution in [0.15, 0.2) is 54.9 Å². The summed E-state index contributed by atoms with van der Waals surface area (Å²) in [6.45, 7) is 2.58. The average molecular weight is 463 g/mol. The molecular weight excluding hydrogens is 435 g/mol. The topological polar surface area (TPSA) is 54.7 Å². The number of imidazole rings is 1. The Balaban J connectivity index is 0.00000289. The maximum absolute atomic E-state index is 15.0. The number of hydrogen-bond acceptors (Lipinski definition) is 5. The summed E-state index contributed by atoms with van der Waals surface area (Å²) in [4.78, 5) is 4.17. The van der Waals surface area contributed by atoms with Gasteiger partial charge in [-0.15, -0.1) is 12.4 Å². The zero-order chi connectivity index (χ0) is 21.8. The van der Waals surface area contributed by atoms with Gasteiger partial charge < -0.3 is 23.5 Å². The molecule has 3 atom stereocenters. The Morgan fingerprint density at radius 1 is 1.19 bits per heavy atom. The van der Waals surface area contributed by atoms with Crippen LogP contribution in [0.5, 0.6) is 5.75 Å². The highest BCUT2D eigenvalue weighted by atomic mass is 35.5. The summed E-state index contributed by atoms with van der Waals surface area (Å²) in [6, 6.07) is 13.1. The Morgan fingerprint density at radius 3 is 2.62 bits per heavy atom. The zero-order valence-corrected chi connectivity index (χ0v) is 19.2. The van der Waals surface area contributed by atoms with E-state index in [0.29, 0.717) is 29.4 Å². The highest BCUT2D eigenvalue weighted by Crippen LogP contribution is 2.34. The molecule has 0 radical (unpaired) electrons. The van der Waals surface area contributed by atoms with Gasteiger partial charge in [-0.05, 0) is 25.0 Å². The number of hydrogen-bond donors (Lipinski definition) is 0. The molecule has 172 valence electrons. The molecule has 8 heteroatoms. The molecule has 3 unspecified atom stereocenters. The summed E-state index contributed by atoms with van der Waals surface area (Å²) in [5.74, 6) is 0.868. The van der Waals surface area contributed by atoms with Crippen molar-refractivity contribution in [3.8, 4) is 11.4 Å². The van der Waals surface area contributed by atoms with Crippen LogP contribution in [0.1, 0.15) is 29.5 Å². The van der Waals surface area contributed by atoms with E-state index in [9.17, 15) is 4.39 Å². The fourth-order valence-corrected chi connectivity index (χ4v) is 4.03. The SMILES string of the molecule is COc1cc(-n2ccnc2C)c(F)cc1COC1C(OC)CCOC1c1ccccc1.Cl. The van der Waals surface area contributed by atoms with Gasteiger partial charge in [0.25, 0.3) is 0 Å². The van der Waals surface area contributed by atoms with E-state index in [4.69, 9.17) is 18.9 Å². The first-order valence-electron chi connectivity index (χ1n) is 10.3. The summed E-state index contributed by atoms with van der Waals surface area (Å²) in [5.41, 5.74) is 2.03. The molecule has 0 bridgehead atoms. The third-order valence-electron chi connectivity index (χ3n) is 5.66. The van der Waals surface area contributed by atoms with E-state index in [0.717, 1.165) is 12.0 Å². The van der Waals surface area contributed by atoms with E-state index < -0.39 is 0 Å². The lowest BCUT2D eigenvalue weighted by atomic mass is 9.96. The first kappa shape index (κ1) is 24.2. The number of ether oxygens (including phenoxy) is 4. The molecular formula is C24H28ClFN2O4. The second-order valence-corrected chi connectivity index (χ2v) is 7.50. The van der Waals surface area contributed by atoms with Crippen LogP contribution in [-0.2, 0) is 20.8 Å². The number of methoxy groups -OCH3 is 2. The molecule has 1 fully saturated rings. The number of aryl methyl sites for hydroxylation is 1. The molecule has 1 saturated heterocycles. The third kappa shape index (κ3) is 4.96. The first-order chi connectivity index (χ1) is 15.1. The maximum Gasteiger partial charge on any atom is 0.147 e. The molecule has 0 saturated carbocycles. The number of rotatable bonds is 7. The molecule has 2 aromatic carbocycles. The van der Waals surface area contributed by atoms with Crippen molar-refractivity contribution in [1.82, 2.24) is 9.55 Å². The molecule has 0 spiro atoms. The minimum atomic E-state index is -0.372. The van der Waals surface area contributed by atoms with Crippen molar-refractivity contribution in [2.75, 3.05) is 20.8 Å². The van der Waals surface area contributed by atoms with Gasteiger partial charge >= 0.3 is 0 Å². The summed E-state index contributed by atoms with van der Waals surface area (Å²) >= 11 is 0. The van der Waals surface area contributed by atoms with Crippen LogP contribution >= 0.6 is 12.4 Å². The largest absolute Gasteiger partial charge is 0.496 e. The molecule has 32 heavy (non-hydrogen) atoms. The van der Waals surface area contributed by atoms with Gasteiger partial charge in [0.2, 0.25) is 0 Å². The smallest absolute Gasteiger partial charge is 0.147 e. The van der Waals surface area contributed by atoms with Crippen LogP contribution in [0.3, 0.4) is 0 Å². The van der Waals surface area contributed by atoms with Gasteiger partial charge in [-0.1, -0.05) is 30.3 Å². The van der Waals surface area contributed by atoms with Crippen molar-refractivity contribution >= 4 is 12.4 Å². The molecule has 1 aliphatic rings. The van der Waals surface area contributed by atoms with Gasteiger partial charge in [-0.3, -0.25) is 0 Å². The van der Waals surface area contributed by atoms with E-state index in [1.165, 1.54) is 6.07 Å². The number of nitrogens with zero attached hydrogens (tertiary/aromatic N) is 2. The molecule has 2 heterocycles. The second-order valence-electron chi connectivity index (χ2n) is 7.50. The van der Waals surface area contributed by atoms with Crippen molar-refractivity contribution in [2.24, 2.45) is 0 Å². The third-order valence-corrected chi connectivity index (χ3v) is 5.66. The summed E-state index contributed by atoms with van der Waals surface area (Å²) < 4.78 is 40.2. The minimum Gasteiger partial charge on any atom is -0.496 e. The molecule has 6 nitrogen and oxygen atoms in total. The lowest BCUT2D eigenvalue weighted by Crippen LogP contribution is -2.42. The Labute approximate surface area is 193 Å². The van der Waals surface area contributed by atoms with Crippen LogP contribution in [0.25, 0.3) is 5.69 Å². The summed E-state index contributed by atoms with van der Waals surface area (Å²) in [6.07, 6.45) is 3.37. The molecule has 0 amide bonds. The fourth-order valence-electron chi connectivity index (χ4n) is 4.03. The second kappa shape index (κ2) is 10.9. The minimum absolute atomic E-state index is 0. The van der Waals surface area contributed by atoms with Crippen LogP contribution in [0.4, 0.5) is 4.39 Å². The van der Waals surface area contributed by atoms with Crippen molar-refractivity contribution in [1.29, 1.82) is 0 Å². The monoisotopic (exact) mass is 462 g/mol. The van der Waals surface area contributed by atoms with E-state index in [1.54, 1.807) is 37.2 Å². The van der Waals surface area contributed by atoms with Crippen molar-refractivity contribution < 1.29 is 23.3 Å². The van der Waals surface area contributed by atoms with Crippen molar-refractivity contribution in [3.05, 3.63) is 77.6 Å². The van der Waals surface area contributed by atoms with E-state index >= 15 is 0 Å². The summed E-state index contributed by atoms with van der Waals surface area (Å²) in [5, 5.41) is 0. The number of aromatic nitrogens is 2. The van der Waals surface area contributed by atoms with Gasteiger partial charge in [-0.2, -0.15) is 0 Å². The van der Waals surface area contributed by atoms with Crippen LogP contribution < -0.4 is 4.74 Å². The van der Waals surface area contributed by atoms with E-state index in [2.05, 4.69) is 4.98 Å². The van der Waals surface area contributed by atoms with Gasteiger partial charge in [0.15, 0.2) is 0 Å². The first-order valence-corrected chi connectivity index (χ1v) is 10.3. The lowest BCUT2D eigenvalue weighted by molar-refractivity contribution is -0.175. The Hall–Kier alpha value is -2.45. The van der Waals surface area contributed by atoms with E-state index in [-0.39, 0.29) is 43.1 Å². The molecule has 1 aliphatic heterocycles. The van der Waals surface area contributed by atoms with Crippen LogP contribution in [0, 0.1) is 12.7 Å². The number of halogens is 2. The normalized spacial score (nSPS) is 20.6. The zero-order valence-electron chi connectivity index (χ0n) is 18.4. The maximum atomic E-state index is 15.0. The Bertz CT molecular complexity index is 1010. The summed E-state index contributed by atoms with van der Waals surface area (Å²) in [7, 11) is 3.24. The molecule has 3 aromatic rings. The highest BCUT2D eigenvalue weighted by Gasteiger charge is 2.36. The lowest BCUT2D eigenvalue weighted by Gasteiger charge is -2.37. The standard InChI is InChI=1S/C24H27FN2O4.ClH/c1-16-26-10-11-27(16)20-14-22(29-3)18(13-19(20)25)15-31-24-21(28-2)9-12-30-23(24)17-7-5-4-6-8-17;/h4-8,10-11,13-14,21,23-24H,9,12,15H2,1-3H3;1H. The number of benzene rings is 2. The Morgan fingerprint density at radius 2 is 1.97 bits per heavy atom. The molecule has 4 rings (SSSR count). The van der Waals surface area contributed by atoms with Crippen LogP contribution in [-0.4, -0.2) is 42.6 Å². The van der Waals surface area contributed by atoms with Crippen molar-refractivity contribution in [2.45, 2.75) is 38.3 Å². The average Bonchev–Trinajstić information content (AvgIpc) is 3.23. The Kier molecular flexibility index (Phi) is 8.26. The van der Waals surface area contributed by atoms with Gasteiger partial charge in [-0.25, -0.2) is 9.37 Å². The van der Waals surface area contributed by atoms with E-state index in [1.807, 2.05) is 37.3 Å². The molecule has 1 aromatic heterocycles. The van der Waals surface area contributed by atoms with Gasteiger partial charge in [0.1, 0.15) is 29.6 Å². The van der Waals surface area contributed by atoms with Crippen molar-refractivity contribution in [3.63, 3.8) is 0 Å². The fraction of sp³-hybridized carbons (Fsp3) is 0.375. The quantitative estimate of drug-likeness (QED) is 0.504. The predicted molar refractivity (Wildman–Crippen MR) is 121 cm³/mol. The van der Waals surface area contributed by atoms with Crippen LogP contribution in [0.2, 0.25) is 0 Å². The predicted octanol–water partition coefficient (Wildman–Crippen LogP) is 4.81. The van der Waals surface area contributed by atoms with Gasteiger partial charge in [0.05, 0.1) is 32.1 Å². The molecule has 0 N–H and O–H groups in total. The highest BCUT2D eigenvalue weighted by molar-refractivity contribution is 5.85. The van der Waals surface area contributed by atoms with Gasteiger partial charge in [0, 0.05) is 31.1 Å².